The van der Waals surface area contributed by atoms with E-state index >= 15 is 0 Å². The van der Waals surface area contributed by atoms with E-state index in [0.717, 1.165) is 29.2 Å². The first-order valence-corrected chi connectivity index (χ1v) is 14.6. The van der Waals surface area contributed by atoms with E-state index in [4.69, 9.17) is 4.52 Å². The molecule has 0 bridgehead atoms. The Labute approximate surface area is 250 Å². The summed E-state index contributed by atoms with van der Waals surface area (Å²) in [6.07, 6.45) is 2.13. The normalized spacial score (nSPS) is 16.5. The zero-order valence-corrected chi connectivity index (χ0v) is 24.1. The summed E-state index contributed by atoms with van der Waals surface area (Å²) in [6, 6.07) is 30.6. The molecule has 0 saturated carbocycles. The highest BCUT2D eigenvalue weighted by molar-refractivity contribution is 6.02. The number of amides is 2. The van der Waals surface area contributed by atoms with Crippen molar-refractivity contribution in [2.45, 2.75) is 44.4 Å². The first-order chi connectivity index (χ1) is 20.9. The molecule has 1 aliphatic rings. The van der Waals surface area contributed by atoms with Gasteiger partial charge in [-0.1, -0.05) is 78.0 Å². The molecule has 0 unspecified atom stereocenters. The van der Waals surface area contributed by atoms with Crippen molar-refractivity contribution in [1.29, 1.82) is 0 Å². The van der Waals surface area contributed by atoms with Gasteiger partial charge < -0.3 is 19.4 Å². The van der Waals surface area contributed by atoms with Crippen LogP contribution in [-0.4, -0.2) is 56.6 Å². The molecule has 4 aromatic carbocycles. The summed E-state index contributed by atoms with van der Waals surface area (Å²) in [6.45, 7) is 0.706. The number of fused-ring (bicyclic) bond motifs is 1. The zero-order chi connectivity index (χ0) is 29.8. The standard InChI is InChI=1S/C35H34N4O4/c1-38(22-25-11-6-3-7-12-25)34(41)28-17-15-27-20-29(18-16-26(27)19-28)35(42)39-23-30(40)21-31(39)33-36-32(37-43-33)14-8-13-24-9-4-2-5-10-24/h2-7,9-12,15-20,30-31,40H,8,13-14,21-23H2,1H3/t30-,31+/m0/s1. The fourth-order valence-corrected chi connectivity index (χ4v) is 5.70. The Morgan fingerprint density at radius 3 is 2.26 bits per heavy atom. The Morgan fingerprint density at radius 1 is 0.884 bits per heavy atom. The second-order valence-corrected chi connectivity index (χ2v) is 11.2. The van der Waals surface area contributed by atoms with Gasteiger partial charge in [-0.15, -0.1) is 0 Å². The minimum Gasteiger partial charge on any atom is -0.391 e. The number of aromatic nitrogens is 2. The lowest BCUT2D eigenvalue weighted by atomic mass is 10.0. The lowest BCUT2D eigenvalue weighted by Gasteiger charge is -2.22. The van der Waals surface area contributed by atoms with E-state index in [2.05, 4.69) is 22.3 Å². The second-order valence-electron chi connectivity index (χ2n) is 11.2. The van der Waals surface area contributed by atoms with Gasteiger partial charge in [0.05, 0.1) is 6.10 Å². The quantitative estimate of drug-likeness (QED) is 0.245. The number of likely N-dealkylation sites (tertiary alicyclic amines) is 1. The molecule has 1 N–H and O–H groups in total. The van der Waals surface area contributed by atoms with E-state index in [1.54, 1.807) is 29.0 Å². The van der Waals surface area contributed by atoms with Crippen molar-refractivity contribution in [3.63, 3.8) is 0 Å². The summed E-state index contributed by atoms with van der Waals surface area (Å²) in [7, 11) is 1.79. The summed E-state index contributed by atoms with van der Waals surface area (Å²) >= 11 is 0. The smallest absolute Gasteiger partial charge is 0.254 e. The van der Waals surface area contributed by atoms with Crippen LogP contribution in [0.5, 0.6) is 0 Å². The molecule has 1 fully saturated rings. The van der Waals surface area contributed by atoms with Crippen molar-refractivity contribution in [3.05, 3.63) is 131 Å². The highest BCUT2D eigenvalue weighted by atomic mass is 16.5. The number of carbonyl (C=O) groups is 2. The molecule has 0 spiro atoms. The molecule has 218 valence electrons. The molecule has 2 amide bonds. The number of nitrogens with zero attached hydrogens (tertiary/aromatic N) is 4. The van der Waals surface area contributed by atoms with Gasteiger partial charge in [-0.05, 0) is 59.0 Å². The number of hydrogen-bond donors (Lipinski definition) is 1. The molecule has 1 aliphatic heterocycles. The van der Waals surface area contributed by atoms with Crippen molar-refractivity contribution in [1.82, 2.24) is 19.9 Å². The van der Waals surface area contributed by atoms with E-state index < -0.39 is 12.1 Å². The van der Waals surface area contributed by atoms with Crippen LogP contribution in [0.1, 0.15) is 62.4 Å². The van der Waals surface area contributed by atoms with Crippen LogP contribution in [0.2, 0.25) is 0 Å². The van der Waals surface area contributed by atoms with Gasteiger partial charge in [0.15, 0.2) is 5.82 Å². The average molecular weight is 575 g/mol. The third-order valence-corrected chi connectivity index (χ3v) is 7.96. The fourth-order valence-electron chi connectivity index (χ4n) is 5.70. The molecule has 1 aromatic heterocycles. The maximum absolute atomic E-state index is 13.7. The molecule has 5 aromatic rings. The van der Waals surface area contributed by atoms with Gasteiger partial charge in [-0.2, -0.15) is 4.98 Å². The van der Waals surface area contributed by atoms with Gasteiger partial charge in [-0.25, -0.2) is 0 Å². The van der Waals surface area contributed by atoms with Gasteiger partial charge in [0.1, 0.15) is 6.04 Å². The predicted molar refractivity (Wildman–Crippen MR) is 163 cm³/mol. The summed E-state index contributed by atoms with van der Waals surface area (Å²) in [5, 5.41) is 16.3. The summed E-state index contributed by atoms with van der Waals surface area (Å²) in [5.41, 5.74) is 3.40. The monoisotopic (exact) mass is 574 g/mol. The molecule has 0 radical (unpaired) electrons. The Morgan fingerprint density at radius 2 is 1.53 bits per heavy atom. The average Bonchev–Trinajstić information content (AvgIpc) is 3.67. The highest BCUT2D eigenvalue weighted by Crippen LogP contribution is 2.33. The predicted octanol–water partition coefficient (Wildman–Crippen LogP) is 5.62. The van der Waals surface area contributed by atoms with Crippen molar-refractivity contribution in [2.75, 3.05) is 13.6 Å². The van der Waals surface area contributed by atoms with Gasteiger partial charge in [0.25, 0.3) is 11.8 Å². The molecular weight excluding hydrogens is 540 g/mol. The lowest BCUT2D eigenvalue weighted by Crippen LogP contribution is -2.32. The molecular formula is C35H34N4O4. The summed E-state index contributed by atoms with van der Waals surface area (Å²) < 4.78 is 5.58. The number of benzene rings is 4. The van der Waals surface area contributed by atoms with Crippen LogP contribution in [0.25, 0.3) is 10.8 Å². The van der Waals surface area contributed by atoms with Crippen molar-refractivity contribution >= 4 is 22.6 Å². The number of rotatable bonds is 9. The first kappa shape index (κ1) is 28.3. The van der Waals surface area contributed by atoms with Crippen LogP contribution < -0.4 is 0 Å². The van der Waals surface area contributed by atoms with Gasteiger partial charge in [0, 0.05) is 44.1 Å². The molecule has 8 heteroatoms. The number of aliphatic hydroxyl groups is 1. The van der Waals surface area contributed by atoms with Crippen LogP contribution in [0.3, 0.4) is 0 Å². The number of aliphatic hydroxyl groups excluding tert-OH is 1. The van der Waals surface area contributed by atoms with Crippen LogP contribution >= 0.6 is 0 Å². The van der Waals surface area contributed by atoms with Crippen molar-refractivity contribution < 1.29 is 19.2 Å². The van der Waals surface area contributed by atoms with Crippen LogP contribution in [0.15, 0.2) is 102 Å². The first-order valence-electron chi connectivity index (χ1n) is 14.6. The van der Waals surface area contributed by atoms with Crippen molar-refractivity contribution in [3.8, 4) is 0 Å². The Balaban J connectivity index is 1.13. The van der Waals surface area contributed by atoms with Gasteiger partial charge in [0.2, 0.25) is 5.89 Å². The number of hydrogen-bond acceptors (Lipinski definition) is 6. The third kappa shape index (κ3) is 6.49. The minimum absolute atomic E-state index is 0.0706. The number of carbonyl (C=O) groups excluding carboxylic acids is 2. The molecule has 8 nitrogen and oxygen atoms in total. The lowest BCUT2D eigenvalue weighted by molar-refractivity contribution is 0.0693. The number of β-amino-alcohol motifs (C(OH)–C–C–N with tert-alkyl or cyclic N) is 1. The maximum atomic E-state index is 13.7. The fraction of sp³-hybridized carbons (Fsp3) is 0.257. The third-order valence-electron chi connectivity index (χ3n) is 7.96. The molecule has 2 heterocycles. The second kappa shape index (κ2) is 12.6. The summed E-state index contributed by atoms with van der Waals surface area (Å²) in [5.74, 6) is 0.669. The van der Waals surface area contributed by atoms with Crippen LogP contribution in [0.4, 0.5) is 0 Å². The maximum Gasteiger partial charge on any atom is 0.254 e. The highest BCUT2D eigenvalue weighted by Gasteiger charge is 2.39. The topological polar surface area (TPSA) is 99.8 Å². The van der Waals surface area contributed by atoms with E-state index in [0.29, 0.717) is 42.2 Å². The van der Waals surface area contributed by atoms with E-state index in [1.807, 2.05) is 72.8 Å². The Kier molecular flexibility index (Phi) is 8.29. The van der Waals surface area contributed by atoms with Crippen LogP contribution in [-0.2, 0) is 19.4 Å². The molecule has 43 heavy (non-hydrogen) atoms. The SMILES string of the molecule is CN(Cc1ccccc1)C(=O)c1ccc2cc(C(=O)N3C[C@@H](O)C[C@@H]3c3nc(CCCc4ccccc4)no3)ccc2c1. The van der Waals surface area contributed by atoms with Crippen LogP contribution in [0, 0.1) is 0 Å². The van der Waals surface area contributed by atoms with Crippen molar-refractivity contribution in [2.24, 2.45) is 0 Å². The van der Waals surface area contributed by atoms with Gasteiger partial charge in [-0.3, -0.25) is 9.59 Å². The molecule has 1 saturated heterocycles. The molecule has 0 aliphatic carbocycles. The Hall–Kier alpha value is -4.82. The minimum atomic E-state index is -0.677. The molecule has 2 atom stereocenters. The Bertz CT molecular complexity index is 1720. The summed E-state index contributed by atoms with van der Waals surface area (Å²) in [4.78, 5) is 34.6. The van der Waals surface area contributed by atoms with E-state index in [-0.39, 0.29) is 18.4 Å². The number of aryl methyl sites for hydroxylation is 2. The largest absolute Gasteiger partial charge is 0.391 e. The van der Waals surface area contributed by atoms with E-state index in [9.17, 15) is 14.7 Å². The van der Waals surface area contributed by atoms with E-state index in [1.165, 1.54) is 5.56 Å². The molecule has 6 rings (SSSR count). The zero-order valence-electron chi connectivity index (χ0n) is 24.1. The van der Waals surface area contributed by atoms with Gasteiger partial charge >= 0.3 is 0 Å².